The summed E-state index contributed by atoms with van der Waals surface area (Å²) in [5.41, 5.74) is 1.67. The number of hydrogen-bond donors (Lipinski definition) is 2. The first kappa shape index (κ1) is 20.2. The standard InChI is InChI=1S/C18H12Cl2IN5O3S/c19-7-1-2-8(21)14(20)13(7)17-23-15-11(29-17)5-10(25-26-15)16(27)24-18-22-9-3-4-28-6-12(9)30-18/h1-2,5,17H,3-4,6H2,(H,23,26)(H,22,24,27). The van der Waals surface area contributed by atoms with Gasteiger partial charge in [0.15, 0.2) is 22.4 Å². The van der Waals surface area contributed by atoms with Gasteiger partial charge in [0.05, 0.1) is 39.4 Å². The average Bonchev–Trinajstić information content (AvgIpc) is 3.33. The minimum absolute atomic E-state index is 0.112. The number of ether oxygens (including phenoxy) is 2. The summed E-state index contributed by atoms with van der Waals surface area (Å²) < 4.78 is 12.2. The van der Waals surface area contributed by atoms with Gasteiger partial charge in [0, 0.05) is 16.1 Å². The first-order valence-electron chi connectivity index (χ1n) is 8.81. The van der Waals surface area contributed by atoms with Crippen LogP contribution in [0.1, 0.15) is 32.9 Å². The molecular formula is C18H12Cl2IN5O3S. The molecule has 2 N–H and O–H groups in total. The van der Waals surface area contributed by atoms with Crippen LogP contribution in [0.4, 0.5) is 10.9 Å². The van der Waals surface area contributed by atoms with Gasteiger partial charge < -0.3 is 14.8 Å². The molecule has 0 radical (unpaired) electrons. The minimum atomic E-state index is -0.631. The fraction of sp³-hybridized carbons (Fsp3) is 0.222. The molecule has 8 nitrogen and oxygen atoms in total. The third-order valence-corrected chi connectivity index (χ3v) is 7.50. The molecule has 2 aliphatic heterocycles. The molecule has 0 saturated carbocycles. The van der Waals surface area contributed by atoms with Crippen molar-refractivity contribution in [2.24, 2.45) is 0 Å². The number of amides is 1. The maximum absolute atomic E-state index is 12.6. The molecule has 1 unspecified atom stereocenters. The predicted molar refractivity (Wildman–Crippen MR) is 122 cm³/mol. The summed E-state index contributed by atoms with van der Waals surface area (Å²) in [5.74, 6) is 0.372. The minimum Gasteiger partial charge on any atom is -0.462 e. The van der Waals surface area contributed by atoms with E-state index in [0.717, 1.165) is 20.6 Å². The molecule has 1 aromatic carbocycles. The average molecular weight is 576 g/mol. The zero-order chi connectivity index (χ0) is 20.8. The van der Waals surface area contributed by atoms with Crippen LogP contribution in [-0.2, 0) is 17.8 Å². The number of carbonyl (C=O) groups excluding carboxylic acids is 1. The Hall–Kier alpha value is -1.73. The smallest absolute Gasteiger partial charge is 0.278 e. The van der Waals surface area contributed by atoms with Crippen molar-refractivity contribution in [1.82, 2.24) is 15.2 Å². The molecule has 154 valence electrons. The summed E-state index contributed by atoms with van der Waals surface area (Å²) in [6, 6.07) is 5.10. The van der Waals surface area contributed by atoms with Crippen molar-refractivity contribution in [3.63, 3.8) is 0 Å². The number of halogens is 3. The maximum atomic E-state index is 12.6. The van der Waals surface area contributed by atoms with E-state index < -0.39 is 12.1 Å². The lowest BCUT2D eigenvalue weighted by Crippen LogP contribution is -2.14. The molecule has 2 aliphatic rings. The second kappa shape index (κ2) is 8.08. The molecule has 4 heterocycles. The van der Waals surface area contributed by atoms with Gasteiger partial charge in [-0.25, -0.2) is 4.98 Å². The highest BCUT2D eigenvalue weighted by Gasteiger charge is 2.30. The number of aromatic nitrogens is 3. The summed E-state index contributed by atoms with van der Waals surface area (Å²) >= 11 is 16.2. The molecule has 1 atom stereocenters. The zero-order valence-electron chi connectivity index (χ0n) is 15.0. The molecular weight excluding hydrogens is 564 g/mol. The normalized spacial score (nSPS) is 17.0. The van der Waals surface area contributed by atoms with Gasteiger partial charge in [0.1, 0.15) is 0 Å². The van der Waals surface area contributed by atoms with Crippen LogP contribution >= 0.6 is 57.1 Å². The van der Waals surface area contributed by atoms with E-state index in [0.29, 0.717) is 45.5 Å². The Labute approximate surface area is 198 Å². The first-order chi connectivity index (χ1) is 14.5. The van der Waals surface area contributed by atoms with Crippen LogP contribution < -0.4 is 15.4 Å². The van der Waals surface area contributed by atoms with Gasteiger partial charge in [-0.05, 0) is 34.7 Å². The lowest BCUT2D eigenvalue weighted by atomic mass is 10.2. The molecule has 1 amide bonds. The Balaban J connectivity index is 1.35. The topological polar surface area (TPSA) is 98.3 Å². The lowest BCUT2D eigenvalue weighted by Gasteiger charge is -2.15. The Morgan fingerprint density at radius 1 is 1.33 bits per heavy atom. The largest absolute Gasteiger partial charge is 0.462 e. The van der Waals surface area contributed by atoms with Crippen molar-refractivity contribution in [3.05, 3.63) is 53.6 Å². The monoisotopic (exact) mass is 575 g/mol. The van der Waals surface area contributed by atoms with Crippen molar-refractivity contribution >= 4 is 74.0 Å². The van der Waals surface area contributed by atoms with Crippen LogP contribution in [0.3, 0.4) is 0 Å². The molecule has 0 fully saturated rings. The SMILES string of the molecule is O=C(Nc1nc2c(s1)COCC2)c1cc2c(nn1)NC(c1c(Cl)ccc(I)c1Cl)O2. The van der Waals surface area contributed by atoms with Crippen LogP contribution in [0.15, 0.2) is 18.2 Å². The van der Waals surface area contributed by atoms with E-state index in [1.165, 1.54) is 17.4 Å². The molecule has 3 aromatic rings. The number of rotatable bonds is 3. The zero-order valence-corrected chi connectivity index (χ0v) is 19.5. The van der Waals surface area contributed by atoms with Crippen LogP contribution in [-0.4, -0.2) is 27.7 Å². The highest BCUT2D eigenvalue weighted by atomic mass is 127. The fourth-order valence-corrected chi connectivity index (χ4v) is 5.09. The summed E-state index contributed by atoms with van der Waals surface area (Å²) in [4.78, 5) is 18.1. The van der Waals surface area contributed by atoms with Crippen LogP contribution in [0.5, 0.6) is 5.75 Å². The number of nitrogens with one attached hydrogen (secondary N) is 2. The van der Waals surface area contributed by atoms with Gasteiger partial charge in [-0.2, -0.15) is 0 Å². The van der Waals surface area contributed by atoms with Gasteiger partial charge in [-0.15, -0.1) is 10.2 Å². The lowest BCUT2D eigenvalue weighted by molar-refractivity contribution is 0.102. The number of benzene rings is 1. The van der Waals surface area contributed by atoms with Crippen molar-refractivity contribution in [3.8, 4) is 5.75 Å². The third-order valence-electron chi connectivity index (χ3n) is 4.56. The number of nitrogens with zero attached hydrogens (tertiary/aromatic N) is 3. The van der Waals surface area contributed by atoms with Crippen LogP contribution in [0.2, 0.25) is 10.0 Å². The second-order valence-corrected chi connectivity index (χ2v) is 9.52. The number of anilines is 2. The highest BCUT2D eigenvalue weighted by Crippen LogP contribution is 2.42. The number of fused-ring (bicyclic) bond motifs is 2. The number of hydrogen-bond acceptors (Lipinski definition) is 8. The van der Waals surface area contributed by atoms with Gasteiger partial charge in [-0.1, -0.05) is 34.5 Å². The van der Waals surface area contributed by atoms with Crippen LogP contribution in [0.25, 0.3) is 0 Å². The fourth-order valence-electron chi connectivity index (χ4n) is 3.11. The number of carbonyl (C=O) groups is 1. The number of thiazole rings is 1. The third kappa shape index (κ3) is 3.71. The maximum Gasteiger partial charge on any atom is 0.278 e. The van der Waals surface area contributed by atoms with Crippen LogP contribution in [0, 0.1) is 3.57 Å². The summed E-state index contributed by atoms with van der Waals surface area (Å²) in [6.07, 6.45) is 0.109. The molecule has 12 heteroatoms. The van der Waals surface area contributed by atoms with Crippen molar-refractivity contribution in [1.29, 1.82) is 0 Å². The van der Waals surface area contributed by atoms with E-state index >= 15 is 0 Å². The van der Waals surface area contributed by atoms with E-state index in [1.807, 2.05) is 6.07 Å². The van der Waals surface area contributed by atoms with Crippen molar-refractivity contribution in [2.45, 2.75) is 19.3 Å². The summed E-state index contributed by atoms with van der Waals surface area (Å²) in [7, 11) is 0. The van der Waals surface area contributed by atoms with Crippen molar-refractivity contribution in [2.75, 3.05) is 17.2 Å². The summed E-state index contributed by atoms with van der Waals surface area (Å²) in [6.45, 7) is 1.16. The quantitative estimate of drug-likeness (QED) is 0.346. The van der Waals surface area contributed by atoms with Gasteiger partial charge in [-0.3, -0.25) is 10.1 Å². The molecule has 0 aliphatic carbocycles. The summed E-state index contributed by atoms with van der Waals surface area (Å²) in [5, 5.41) is 15.4. The molecule has 0 bridgehead atoms. The van der Waals surface area contributed by atoms with E-state index in [-0.39, 0.29) is 5.69 Å². The van der Waals surface area contributed by atoms with Gasteiger partial charge in [0.2, 0.25) is 6.23 Å². The first-order valence-corrected chi connectivity index (χ1v) is 11.5. The van der Waals surface area contributed by atoms with Gasteiger partial charge in [0.25, 0.3) is 5.91 Å². The predicted octanol–water partition coefficient (Wildman–Crippen LogP) is 4.67. The Morgan fingerprint density at radius 2 is 2.20 bits per heavy atom. The van der Waals surface area contributed by atoms with Gasteiger partial charge >= 0.3 is 0 Å². The molecule has 0 spiro atoms. The van der Waals surface area contributed by atoms with E-state index in [9.17, 15) is 4.79 Å². The Kier molecular flexibility index (Phi) is 5.44. The highest BCUT2D eigenvalue weighted by molar-refractivity contribution is 14.1. The molecule has 2 aromatic heterocycles. The Bertz CT molecular complexity index is 1150. The van der Waals surface area contributed by atoms with E-state index in [2.05, 4.69) is 48.4 Å². The van der Waals surface area contributed by atoms with E-state index in [4.69, 9.17) is 32.7 Å². The second-order valence-electron chi connectivity index (χ2n) is 6.49. The van der Waals surface area contributed by atoms with E-state index in [1.54, 1.807) is 6.07 Å². The molecule has 5 rings (SSSR count). The van der Waals surface area contributed by atoms with Crippen molar-refractivity contribution < 1.29 is 14.3 Å². The molecule has 0 saturated heterocycles. The molecule has 30 heavy (non-hydrogen) atoms. The Morgan fingerprint density at radius 3 is 3.03 bits per heavy atom.